The first kappa shape index (κ1) is 17.3. The van der Waals surface area contributed by atoms with Crippen LogP contribution in [0.15, 0.2) is 76.3 Å². The second-order valence-corrected chi connectivity index (χ2v) is 5.73. The predicted octanol–water partition coefficient (Wildman–Crippen LogP) is 2.67. The zero-order valence-corrected chi connectivity index (χ0v) is 14.2. The zero-order chi connectivity index (χ0) is 19.5. The van der Waals surface area contributed by atoms with Gasteiger partial charge in [0.25, 0.3) is 5.91 Å². The highest BCUT2D eigenvalue weighted by atomic mass is 19.1. The van der Waals surface area contributed by atoms with Gasteiger partial charge in [0.05, 0.1) is 5.69 Å². The number of nitrogens with zero attached hydrogens (tertiary/aromatic N) is 4. The highest BCUT2D eigenvalue weighted by Gasteiger charge is 2.19. The molecule has 1 N–H and O–H groups in total. The fourth-order valence-electron chi connectivity index (χ4n) is 2.53. The monoisotopic (exact) mass is 377 g/mol. The SMILES string of the molecule is O=C(Nc1nonc1-c1ccccc1)c1nn(-c2ccc(F)cc2)ccc1=O. The third kappa shape index (κ3) is 3.40. The quantitative estimate of drug-likeness (QED) is 0.587. The Balaban J connectivity index is 1.65. The summed E-state index contributed by atoms with van der Waals surface area (Å²) in [5.41, 5.74) is 0.568. The van der Waals surface area contributed by atoms with E-state index < -0.39 is 17.2 Å². The lowest BCUT2D eigenvalue weighted by Gasteiger charge is -2.07. The Morgan fingerprint density at radius 2 is 1.75 bits per heavy atom. The van der Waals surface area contributed by atoms with Crippen molar-refractivity contribution in [3.8, 4) is 16.9 Å². The first-order valence-corrected chi connectivity index (χ1v) is 8.17. The Morgan fingerprint density at radius 1 is 1.00 bits per heavy atom. The Morgan fingerprint density at radius 3 is 2.50 bits per heavy atom. The first-order chi connectivity index (χ1) is 13.6. The van der Waals surface area contributed by atoms with Gasteiger partial charge >= 0.3 is 0 Å². The molecule has 0 unspecified atom stereocenters. The summed E-state index contributed by atoms with van der Waals surface area (Å²) in [6, 6.07) is 15.6. The molecule has 0 bridgehead atoms. The van der Waals surface area contributed by atoms with E-state index in [4.69, 9.17) is 4.63 Å². The highest BCUT2D eigenvalue weighted by molar-refractivity contribution is 6.03. The van der Waals surface area contributed by atoms with E-state index in [1.807, 2.05) is 6.07 Å². The molecule has 0 saturated carbocycles. The molecule has 28 heavy (non-hydrogen) atoms. The molecule has 8 nitrogen and oxygen atoms in total. The molecular formula is C19H12FN5O3. The van der Waals surface area contributed by atoms with Crippen LogP contribution in [-0.4, -0.2) is 26.0 Å². The number of carbonyl (C=O) groups excluding carboxylic acids is 1. The molecule has 0 saturated heterocycles. The van der Waals surface area contributed by atoms with Crippen LogP contribution in [0.5, 0.6) is 0 Å². The normalized spacial score (nSPS) is 10.6. The van der Waals surface area contributed by atoms with Gasteiger partial charge in [-0.25, -0.2) is 13.7 Å². The average Bonchev–Trinajstić information content (AvgIpc) is 3.18. The van der Waals surface area contributed by atoms with Gasteiger partial charge in [0.2, 0.25) is 11.2 Å². The summed E-state index contributed by atoms with van der Waals surface area (Å²) < 4.78 is 19.1. The molecule has 2 heterocycles. The Kier molecular flexibility index (Phi) is 4.47. The molecule has 2 aromatic carbocycles. The summed E-state index contributed by atoms with van der Waals surface area (Å²) in [5, 5.41) is 14.0. The maximum absolute atomic E-state index is 13.1. The average molecular weight is 377 g/mol. The van der Waals surface area contributed by atoms with E-state index in [9.17, 15) is 14.0 Å². The number of anilines is 1. The van der Waals surface area contributed by atoms with Crippen LogP contribution in [0, 0.1) is 5.82 Å². The summed E-state index contributed by atoms with van der Waals surface area (Å²) in [6.45, 7) is 0. The Hall–Kier alpha value is -4.14. The predicted molar refractivity (Wildman–Crippen MR) is 97.5 cm³/mol. The minimum absolute atomic E-state index is 0.0644. The molecule has 0 aliphatic heterocycles. The minimum atomic E-state index is -0.769. The standard InChI is InChI=1S/C19H12FN5O3/c20-13-6-8-14(9-7-13)25-11-10-15(26)17(22-25)19(27)21-18-16(23-28-24-18)12-4-2-1-3-5-12/h1-11H,(H,21,24,27). The number of rotatable bonds is 4. The third-order valence-corrected chi connectivity index (χ3v) is 3.88. The van der Waals surface area contributed by atoms with Gasteiger partial charge in [0.15, 0.2) is 11.4 Å². The summed E-state index contributed by atoms with van der Waals surface area (Å²) in [6.07, 6.45) is 1.39. The molecule has 138 valence electrons. The summed E-state index contributed by atoms with van der Waals surface area (Å²) in [7, 11) is 0. The molecule has 9 heteroatoms. The van der Waals surface area contributed by atoms with Crippen molar-refractivity contribution in [3.05, 3.63) is 88.6 Å². The smallest absolute Gasteiger partial charge is 0.281 e. The molecule has 0 aliphatic carbocycles. The van der Waals surface area contributed by atoms with Crippen LogP contribution < -0.4 is 10.7 Å². The van der Waals surface area contributed by atoms with Crippen molar-refractivity contribution in [1.29, 1.82) is 0 Å². The number of hydrogen-bond acceptors (Lipinski definition) is 6. The van der Waals surface area contributed by atoms with Crippen LogP contribution in [-0.2, 0) is 0 Å². The molecule has 0 fully saturated rings. The third-order valence-electron chi connectivity index (χ3n) is 3.88. The van der Waals surface area contributed by atoms with E-state index in [0.717, 1.165) is 0 Å². The minimum Gasteiger partial charge on any atom is -0.300 e. The first-order valence-electron chi connectivity index (χ1n) is 8.17. The van der Waals surface area contributed by atoms with Crippen molar-refractivity contribution < 1.29 is 13.8 Å². The van der Waals surface area contributed by atoms with Gasteiger partial charge in [-0.1, -0.05) is 30.3 Å². The maximum Gasteiger partial charge on any atom is 0.281 e. The zero-order valence-electron chi connectivity index (χ0n) is 14.2. The van der Waals surface area contributed by atoms with Crippen molar-refractivity contribution in [3.63, 3.8) is 0 Å². The Labute approximate surface area is 157 Å². The summed E-state index contributed by atoms with van der Waals surface area (Å²) in [5.74, 6) is -1.11. The van der Waals surface area contributed by atoms with Crippen LogP contribution >= 0.6 is 0 Å². The van der Waals surface area contributed by atoms with Crippen LogP contribution in [0.3, 0.4) is 0 Å². The second-order valence-electron chi connectivity index (χ2n) is 5.73. The number of aromatic nitrogens is 4. The molecule has 4 aromatic rings. The fourth-order valence-corrected chi connectivity index (χ4v) is 2.53. The topological polar surface area (TPSA) is 103 Å². The van der Waals surface area contributed by atoms with E-state index in [2.05, 4.69) is 20.7 Å². The molecule has 1 amide bonds. The van der Waals surface area contributed by atoms with E-state index >= 15 is 0 Å². The largest absolute Gasteiger partial charge is 0.300 e. The number of carbonyl (C=O) groups is 1. The van der Waals surface area contributed by atoms with Crippen molar-refractivity contribution in [2.24, 2.45) is 0 Å². The van der Waals surface area contributed by atoms with Crippen LogP contribution in [0.25, 0.3) is 16.9 Å². The van der Waals surface area contributed by atoms with Gasteiger partial charge in [-0.3, -0.25) is 9.59 Å². The van der Waals surface area contributed by atoms with Gasteiger partial charge < -0.3 is 5.32 Å². The van der Waals surface area contributed by atoms with E-state index in [-0.39, 0.29) is 11.5 Å². The van der Waals surface area contributed by atoms with E-state index in [1.165, 1.54) is 41.2 Å². The molecule has 0 atom stereocenters. The lowest BCUT2D eigenvalue weighted by atomic mass is 10.1. The highest BCUT2D eigenvalue weighted by Crippen LogP contribution is 2.23. The Bertz CT molecular complexity index is 1190. The van der Waals surface area contributed by atoms with Crippen molar-refractivity contribution >= 4 is 11.7 Å². The molecule has 2 aromatic heterocycles. The molecule has 0 radical (unpaired) electrons. The molecular weight excluding hydrogens is 365 g/mol. The number of halogens is 1. The van der Waals surface area contributed by atoms with E-state index in [0.29, 0.717) is 16.9 Å². The van der Waals surface area contributed by atoms with E-state index in [1.54, 1.807) is 24.3 Å². The van der Waals surface area contributed by atoms with Crippen molar-refractivity contribution in [1.82, 2.24) is 20.1 Å². The number of nitrogens with one attached hydrogen (secondary N) is 1. The fraction of sp³-hybridized carbons (Fsp3) is 0. The van der Waals surface area contributed by atoms with Gasteiger partial charge in [0.1, 0.15) is 5.82 Å². The van der Waals surface area contributed by atoms with Crippen LogP contribution in [0.2, 0.25) is 0 Å². The summed E-state index contributed by atoms with van der Waals surface area (Å²) in [4.78, 5) is 24.7. The number of hydrogen-bond donors (Lipinski definition) is 1. The van der Waals surface area contributed by atoms with Crippen LogP contribution in [0.1, 0.15) is 10.5 Å². The number of amides is 1. The van der Waals surface area contributed by atoms with Crippen molar-refractivity contribution in [2.75, 3.05) is 5.32 Å². The number of benzene rings is 2. The van der Waals surface area contributed by atoms with Gasteiger partial charge in [-0.2, -0.15) is 5.10 Å². The molecule has 4 rings (SSSR count). The van der Waals surface area contributed by atoms with Gasteiger partial charge in [-0.05, 0) is 34.6 Å². The van der Waals surface area contributed by atoms with Gasteiger partial charge in [0, 0.05) is 17.8 Å². The second kappa shape index (κ2) is 7.23. The lowest BCUT2D eigenvalue weighted by Crippen LogP contribution is -2.25. The van der Waals surface area contributed by atoms with Crippen molar-refractivity contribution in [2.45, 2.75) is 0 Å². The lowest BCUT2D eigenvalue weighted by molar-refractivity contribution is 0.101. The molecule has 0 aliphatic rings. The van der Waals surface area contributed by atoms with Gasteiger partial charge in [-0.15, -0.1) is 0 Å². The summed E-state index contributed by atoms with van der Waals surface area (Å²) >= 11 is 0. The maximum atomic E-state index is 13.1. The molecule has 0 spiro atoms. The van der Waals surface area contributed by atoms with Crippen LogP contribution in [0.4, 0.5) is 10.2 Å².